The maximum absolute atomic E-state index is 5.84. The topological polar surface area (TPSA) is 21.3 Å². The van der Waals surface area contributed by atoms with Crippen molar-refractivity contribution in [3.8, 4) is 0 Å². The van der Waals surface area contributed by atoms with Crippen molar-refractivity contribution in [2.45, 2.75) is 19.1 Å². The van der Waals surface area contributed by atoms with E-state index in [0.717, 1.165) is 18.1 Å². The normalized spacial score (nSPS) is 23.0. The lowest BCUT2D eigenvalue weighted by molar-refractivity contribution is 0.0488. The second kappa shape index (κ2) is 5.71. The van der Waals surface area contributed by atoms with Gasteiger partial charge >= 0.3 is 0 Å². The molecule has 2 nitrogen and oxygen atoms in total. The number of hydrogen-bond donors (Lipinski definition) is 1. The van der Waals surface area contributed by atoms with Gasteiger partial charge in [-0.15, -0.1) is 0 Å². The predicted molar refractivity (Wildman–Crippen MR) is 70.0 cm³/mol. The number of thioether (sulfide) groups is 1. The number of likely N-dealkylation sites (N-methyl/N-ethyl adjacent to an activating group) is 1. The minimum absolute atomic E-state index is 0.297. The minimum atomic E-state index is 0.297. The van der Waals surface area contributed by atoms with Gasteiger partial charge in [0, 0.05) is 11.5 Å². The Morgan fingerprint density at radius 3 is 3.00 bits per heavy atom. The van der Waals surface area contributed by atoms with Gasteiger partial charge in [-0.2, -0.15) is 11.8 Å². The summed E-state index contributed by atoms with van der Waals surface area (Å²) in [5, 5.41) is 3.38. The van der Waals surface area contributed by atoms with E-state index in [0.29, 0.717) is 12.1 Å². The predicted octanol–water partition coefficient (Wildman–Crippen LogP) is 2.39. The Morgan fingerprint density at radius 2 is 2.38 bits per heavy atom. The van der Waals surface area contributed by atoms with Crippen LogP contribution in [0.15, 0.2) is 24.3 Å². The second-order valence-electron chi connectivity index (χ2n) is 4.16. The molecule has 0 radical (unpaired) electrons. The van der Waals surface area contributed by atoms with E-state index in [1.165, 1.54) is 11.1 Å². The van der Waals surface area contributed by atoms with E-state index >= 15 is 0 Å². The number of nitrogens with one attached hydrogen (secondary N) is 1. The van der Waals surface area contributed by atoms with Crippen LogP contribution in [-0.2, 0) is 4.74 Å². The lowest BCUT2D eigenvalue weighted by atomic mass is 10.0. The lowest BCUT2D eigenvalue weighted by Crippen LogP contribution is -2.36. The van der Waals surface area contributed by atoms with Crippen molar-refractivity contribution in [1.29, 1.82) is 0 Å². The number of hydrogen-bond acceptors (Lipinski definition) is 3. The molecule has 16 heavy (non-hydrogen) atoms. The number of ether oxygens (including phenoxy) is 1. The smallest absolute Gasteiger partial charge is 0.0860 e. The molecule has 88 valence electrons. The van der Waals surface area contributed by atoms with Gasteiger partial charge in [-0.3, -0.25) is 0 Å². The van der Waals surface area contributed by atoms with Crippen molar-refractivity contribution < 1.29 is 4.74 Å². The Kier molecular flexibility index (Phi) is 4.27. The Labute approximate surface area is 102 Å². The summed E-state index contributed by atoms with van der Waals surface area (Å²) in [7, 11) is 2.01. The van der Waals surface area contributed by atoms with Gasteiger partial charge in [-0.25, -0.2) is 0 Å². The van der Waals surface area contributed by atoms with Gasteiger partial charge in [0.05, 0.1) is 18.8 Å². The quantitative estimate of drug-likeness (QED) is 0.872. The summed E-state index contributed by atoms with van der Waals surface area (Å²) in [6.45, 7) is 3.01. The molecule has 1 aliphatic heterocycles. The zero-order valence-electron chi connectivity index (χ0n) is 9.90. The summed E-state index contributed by atoms with van der Waals surface area (Å²) < 4.78 is 5.84. The molecule has 0 bridgehead atoms. The average molecular weight is 237 g/mol. The highest BCUT2D eigenvalue weighted by molar-refractivity contribution is 7.99. The molecule has 3 heteroatoms. The molecule has 0 saturated carbocycles. The van der Waals surface area contributed by atoms with Gasteiger partial charge in [0.25, 0.3) is 0 Å². The first-order valence-corrected chi connectivity index (χ1v) is 6.90. The summed E-state index contributed by atoms with van der Waals surface area (Å²) in [5.41, 5.74) is 2.64. The fourth-order valence-electron chi connectivity index (χ4n) is 2.13. The van der Waals surface area contributed by atoms with Crippen molar-refractivity contribution in [1.82, 2.24) is 5.32 Å². The molecule has 2 rings (SSSR count). The van der Waals surface area contributed by atoms with Gasteiger partial charge < -0.3 is 10.1 Å². The Morgan fingerprint density at radius 1 is 1.50 bits per heavy atom. The van der Waals surface area contributed by atoms with Gasteiger partial charge in [0.2, 0.25) is 0 Å². The van der Waals surface area contributed by atoms with Crippen LogP contribution in [-0.4, -0.2) is 31.3 Å². The van der Waals surface area contributed by atoms with E-state index in [9.17, 15) is 0 Å². The summed E-state index contributed by atoms with van der Waals surface area (Å²) in [5.74, 6) is 2.21. The molecule has 2 atom stereocenters. The first-order chi connectivity index (χ1) is 7.81. The number of aryl methyl sites for hydroxylation is 1. The third-order valence-corrected chi connectivity index (χ3v) is 3.95. The monoisotopic (exact) mass is 237 g/mol. The fourth-order valence-corrected chi connectivity index (χ4v) is 3.03. The lowest BCUT2D eigenvalue weighted by Gasteiger charge is -2.30. The molecule has 1 N–H and O–H groups in total. The maximum atomic E-state index is 5.84. The summed E-state index contributed by atoms with van der Waals surface area (Å²) in [4.78, 5) is 0. The zero-order chi connectivity index (χ0) is 11.4. The van der Waals surface area contributed by atoms with Gasteiger partial charge in [0.1, 0.15) is 0 Å². The van der Waals surface area contributed by atoms with Crippen LogP contribution in [0.1, 0.15) is 17.2 Å². The molecule has 0 aliphatic carbocycles. The molecule has 1 aromatic carbocycles. The van der Waals surface area contributed by atoms with Crippen molar-refractivity contribution in [3.63, 3.8) is 0 Å². The molecule has 1 saturated heterocycles. The molecule has 0 spiro atoms. The molecule has 1 aliphatic rings. The van der Waals surface area contributed by atoms with Crippen molar-refractivity contribution >= 4 is 11.8 Å². The SMILES string of the molecule is CNC(c1cccc(C)c1)C1CSCCO1. The highest BCUT2D eigenvalue weighted by atomic mass is 32.2. The van der Waals surface area contributed by atoms with E-state index in [2.05, 4.69) is 36.5 Å². The first-order valence-electron chi connectivity index (χ1n) is 5.74. The van der Waals surface area contributed by atoms with E-state index in [-0.39, 0.29) is 0 Å². The second-order valence-corrected chi connectivity index (χ2v) is 5.31. The van der Waals surface area contributed by atoms with E-state index in [4.69, 9.17) is 4.74 Å². The van der Waals surface area contributed by atoms with Crippen LogP contribution in [0.25, 0.3) is 0 Å². The standard InChI is InChI=1S/C13H19NOS/c1-10-4-3-5-11(8-10)13(14-2)12-9-16-7-6-15-12/h3-5,8,12-14H,6-7,9H2,1-2H3. The molecule has 0 aromatic heterocycles. The molecular weight excluding hydrogens is 218 g/mol. The Balaban J connectivity index is 2.14. The molecule has 2 unspecified atom stereocenters. The minimum Gasteiger partial charge on any atom is -0.375 e. The molecule has 0 amide bonds. The van der Waals surface area contributed by atoms with Crippen LogP contribution in [0.2, 0.25) is 0 Å². The molecule has 1 aromatic rings. The van der Waals surface area contributed by atoms with Crippen LogP contribution >= 0.6 is 11.8 Å². The maximum Gasteiger partial charge on any atom is 0.0860 e. The largest absolute Gasteiger partial charge is 0.375 e. The summed E-state index contributed by atoms with van der Waals surface area (Å²) >= 11 is 1.98. The van der Waals surface area contributed by atoms with Gasteiger partial charge in [-0.05, 0) is 19.5 Å². The molecular formula is C13H19NOS. The fraction of sp³-hybridized carbons (Fsp3) is 0.538. The number of rotatable bonds is 3. The van der Waals surface area contributed by atoms with Crippen LogP contribution in [0.5, 0.6) is 0 Å². The van der Waals surface area contributed by atoms with Crippen LogP contribution < -0.4 is 5.32 Å². The Hall–Kier alpha value is -0.510. The van der Waals surface area contributed by atoms with Crippen molar-refractivity contribution in [2.75, 3.05) is 25.2 Å². The first kappa shape index (κ1) is 12.0. The molecule has 1 heterocycles. The highest BCUT2D eigenvalue weighted by Crippen LogP contribution is 2.25. The van der Waals surface area contributed by atoms with E-state index in [1.54, 1.807) is 0 Å². The highest BCUT2D eigenvalue weighted by Gasteiger charge is 2.24. The average Bonchev–Trinajstić information content (AvgIpc) is 2.31. The van der Waals surface area contributed by atoms with Crippen LogP contribution in [0.3, 0.4) is 0 Å². The van der Waals surface area contributed by atoms with E-state index in [1.807, 2.05) is 18.8 Å². The zero-order valence-corrected chi connectivity index (χ0v) is 10.7. The number of benzene rings is 1. The molecule has 1 fully saturated rings. The van der Waals surface area contributed by atoms with Crippen molar-refractivity contribution in [2.24, 2.45) is 0 Å². The third-order valence-electron chi connectivity index (χ3n) is 2.93. The Bertz CT molecular complexity index is 336. The van der Waals surface area contributed by atoms with Crippen LogP contribution in [0.4, 0.5) is 0 Å². The summed E-state index contributed by atoms with van der Waals surface area (Å²) in [6, 6.07) is 8.98. The van der Waals surface area contributed by atoms with E-state index < -0.39 is 0 Å². The summed E-state index contributed by atoms with van der Waals surface area (Å²) in [6.07, 6.45) is 0.297. The van der Waals surface area contributed by atoms with Crippen LogP contribution in [0, 0.1) is 6.92 Å². The van der Waals surface area contributed by atoms with Crippen molar-refractivity contribution in [3.05, 3.63) is 35.4 Å². The van der Waals surface area contributed by atoms with Gasteiger partial charge in [-0.1, -0.05) is 29.8 Å². The third kappa shape index (κ3) is 2.78. The van der Waals surface area contributed by atoms with Gasteiger partial charge in [0.15, 0.2) is 0 Å².